The summed E-state index contributed by atoms with van der Waals surface area (Å²) >= 11 is 0. The van der Waals surface area contributed by atoms with Gasteiger partial charge in [-0.3, -0.25) is 4.55 Å². The second-order valence-corrected chi connectivity index (χ2v) is 8.92. The van der Waals surface area contributed by atoms with Gasteiger partial charge in [0.2, 0.25) is 0 Å². The van der Waals surface area contributed by atoms with Crippen LogP contribution in [-0.4, -0.2) is 40.4 Å². The van der Waals surface area contributed by atoms with Crippen LogP contribution in [0.4, 0.5) is 0 Å². The Balaban J connectivity index is -0.00000364. The molecule has 0 rings (SSSR count). The molecule has 0 aliphatic rings. The Bertz CT molecular complexity index is 608. The number of hydrogen-bond acceptors (Lipinski definition) is 4. The summed E-state index contributed by atoms with van der Waals surface area (Å²) in [4.78, 5) is 22.5. The largest absolute Gasteiger partial charge is 1.00 e. The van der Waals surface area contributed by atoms with E-state index < -0.39 is 38.8 Å². The molecule has 2 atom stereocenters. The van der Waals surface area contributed by atoms with Gasteiger partial charge >= 0.3 is 41.5 Å². The van der Waals surface area contributed by atoms with Gasteiger partial charge in [-0.25, -0.2) is 9.59 Å². The maximum atomic E-state index is 11.7. The van der Waals surface area contributed by atoms with Gasteiger partial charge in [0.15, 0.2) is 0 Å². The van der Waals surface area contributed by atoms with Crippen molar-refractivity contribution in [2.45, 2.75) is 96.1 Å². The van der Waals surface area contributed by atoms with Crippen LogP contribution in [0.3, 0.4) is 0 Å². The molecule has 2 unspecified atom stereocenters. The summed E-state index contributed by atoms with van der Waals surface area (Å²) in [5.41, 5.74) is -0.479. The van der Waals surface area contributed by atoms with Crippen molar-refractivity contribution in [3.05, 3.63) is 11.6 Å². The van der Waals surface area contributed by atoms with Gasteiger partial charge in [-0.15, -0.1) is 0 Å². The van der Waals surface area contributed by atoms with E-state index in [9.17, 15) is 27.7 Å². The number of carboxylic acid groups (broad SMARTS) is 2. The van der Waals surface area contributed by atoms with Crippen LogP contribution in [0.15, 0.2) is 11.6 Å². The Hall–Kier alpha value is -0.410. The van der Waals surface area contributed by atoms with Crippen LogP contribution in [-0.2, 0) is 19.7 Å². The van der Waals surface area contributed by atoms with Crippen molar-refractivity contribution in [3.8, 4) is 0 Å². The molecule has 0 aliphatic carbocycles. The van der Waals surface area contributed by atoms with Gasteiger partial charge in [-0.05, 0) is 12.8 Å². The first-order chi connectivity index (χ1) is 13.1. The first-order valence-electron chi connectivity index (χ1n) is 10.3. The zero-order valence-electron chi connectivity index (χ0n) is 19.1. The molecule has 0 aromatic heterocycles. The van der Waals surface area contributed by atoms with Crippen LogP contribution in [0.2, 0.25) is 0 Å². The smallest absolute Gasteiger partial charge is 1.00 e. The zero-order chi connectivity index (χ0) is 21.6. The molecule has 0 radical (unpaired) electrons. The minimum absolute atomic E-state index is 0. The molecular formula is C20H37NaO7S. The van der Waals surface area contributed by atoms with Crippen molar-refractivity contribution >= 4 is 22.1 Å². The SMILES string of the molecule is CCCCCCCCCCCCC(C(=CC(=O)O)C(=O)O)C(CC)S(=O)(=O)O.[H-].[Na+]. The molecule has 166 valence electrons. The topological polar surface area (TPSA) is 129 Å². The third-order valence-electron chi connectivity index (χ3n) is 5.03. The first kappa shape index (κ1) is 30.8. The van der Waals surface area contributed by atoms with E-state index in [0.29, 0.717) is 12.5 Å². The molecule has 0 aliphatic heterocycles. The van der Waals surface area contributed by atoms with E-state index in [1.54, 1.807) is 0 Å². The fourth-order valence-electron chi connectivity index (χ4n) is 3.56. The minimum Gasteiger partial charge on any atom is -1.00 e. The Labute approximate surface area is 198 Å². The van der Waals surface area contributed by atoms with Gasteiger partial charge < -0.3 is 11.6 Å². The number of carboxylic acids is 2. The molecule has 9 heteroatoms. The van der Waals surface area contributed by atoms with Gasteiger partial charge in [0.05, 0.1) is 5.25 Å². The van der Waals surface area contributed by atoms with Gasteiger partial charge in [0.25, 0.3) is 10.1 Å². The van der Waals surface area contributed by atoms with Crippen molar-refractivity contribution in [3.63, 3.8) is 0 Å². The molecule has 0 amide bonds. The van der Waals surface area contributed by atoms with Crippen LogP contribution in [0.1, 0.15) is 92.3 Å². The Morgan fingerprint density at radius 3 is 1.69 bits per heavy atom. The second-order valence-electron chi connectivity index (χ2n) is 7.28. The van der Waals surface area contributed by atoms with E-state index in [4.69, 9.17) is 5.11 Å². The minimum atomic E-state index is -4.49. The predicted molar refractivity (Wildman–Crippen MR) is 110 cm³/mol. The zero-order valence-corrected chi connectivity index (χ0v) is 20.9. The Kier molecular flexibility index (Phi) is 18.4. The molecule has 0 saturated heterocycles. The summed E-state index contributed by atoms with van der Waals surface area (Å²) in [7, 11) is -4.49. The van der Waals surface area contributed by atoms with E-state index >= 15 is 0 Å². The third-order valence-corrected chi connectivity index (χ3v) is 6.45. The van der Waals surface area contributed by atoms with Crippen molar-refractivity contribution in [1.82, 2.24) is 0 Å². The van der Waals surface area contributed by atoms with Crippen molar-refractivity contribution in [2.75, 3.05) is 0 Å². The number of aliphatic carboxylic acids is 2. The Morgan fingerprint density at radius 1 is 0.897 bits per heavy atom. The molecular weight excluding hydrogens is 407 g/mol. The molecule has 0 aromatic carbocycles. The van der Waals surface area contributed by atoms with Crippen LogP contribution in [0.5, 0.6) is 0 Å². The van der Waals surface area contributed by atoms with E-state index in [2.05, 4.69) is 6.92 Å². The third kappa shape index (κ3) is 14.3. The van der Waals surface area contributed by atoms with Crippen molar-refractivity contribution in [1.29, 1.82) is 0 Å². The number of carbonyl (C=O) groups is 2. The molecule has 29 heavy (non-hydrogen) atoms. The second kappa shape index (κ2) is 17.3. The molecule has 0 aromatic rings. The van der Waals surface area contributed by atoms with E-state index in [-0.39, 0.29) is 43.8 Å². The number of rotatable bonds is 17. The molecule has 0 bridgehead atoms. The summed E-state index contributed by atoms with van der Waals surface area (Å²) in [6, 6.07) is 0. The molecule has 0 fully saturated rings. The number of hydrogen-bond donors (Lipinski definition) is 3. The quantitative estimate of drug-likeness (QED) is 0.135. The normalized spacial score (nSPS) is 14.1. The average Bonchev–Trinajstić information content (AvgIpc) is 2.59. The summed E-state index contributed by atoms with van der Waals surface area (Å²) in [6.45, 7) is 3.71. The molecule has 7 nitrogen and oxygen atoms in total. The summed E-state index contributed by atoms with van der Waals surface area (Å²) in [5.74, 6) is -3.97. The van der Waals surface area contributed by atoms with E-state index in [1.165, 1.54) is 39.0 Å². The van der Waals surface area contributed by atoms with Crippen LogP contribution in [0, 0.1) is 5.92 Å². The van der Waals surface area contributed by atoms with Crippen LogP contribution in [0.25, 0.3) is 0 Å². The van der Waals surface area contributed by atoms with Gasteiger partial charge in [-0.1, -0.05) is 78.1 Å². The monoisotopic (exact) mass is 444 g/mol. The molecule has 0 spiro atoms. The fraction of sp³-hybridized carbons (Fsp3) is 0.800. The van der Waals surface area contributed by atoms with Gasteiger partial charge in [-0.2, -0.15) is 8.42 Å². The van der Waals surface area contributed by atoms with Gasteiger partial charge in [0.1, 0.15) is 0 Å². The van der Waals surface area contributed by atoms with E-state index in [0.717, 1.165) is 25.7 Å². The standard InChI is InChI=1S/C20H36O7S.Na.H/c1-3-5-6-7-8-9-10-11-12-13-14-16(18(4-2)28(25,26)27)17(20(23)24)15-19(21)22;;/h15-16,18H,3-14H2,1-2H3,(H,21,22)(H,23,24)(H,25,26,27);;/q;+1;-1. The maximum Gasteiger partial charge on any atom is 1.00 e. The first-order valence-corrected chi connectivity index (χ1v) is 11.8. The molecule has 3 N–H and O–H groups in total. The summed E-state index contributed by atoms with van der Waals surface area (Å²) in [6.07, 6.45) is 11.5. The molecule has 0 saturated carbocycles. The number of unbranched alkanes of at least 4 members (excludes halogenated alkanes) is 9. The Morgan fingerprint density at radius 2 is 1.34 bits per heavy atom. The fourth-order valence-corrected chi connectivity index (χ4v) is 4.68. The average molecular weight is 445 g/mol. The summed E-state index contributed by atoms with van der Waals surface area (Å²) < 4.78 is 32.9. The van der Waals surface area contributed by atoms with Gasteiger partial charge in [0, 0.05) is 17.6 Å². The predicted octanol–water partition coefficient (Wildman–Crippen LogP) is 1.79. The molecule has 0 heterocycles. The van der Waals surface area contributed by atoms with Crippen LogP contribution < -0.4 is 29.6 Å². The maximum absolute atomic E-state index is 11.7. The van der Waals surface area contributed by atoms with Crippen molar-refractivity contribution < 1.29 is 63.8 Å². The van der Waals surface area contributed by atoms with Crippen LogP contribution >= 0.6 is 0 Å². The summed E-state index contributed by atoms with van der Waals surface area (Å²) in [5, 5.41) is 17.0. The van der Waals surface area contributed by atoms with Crippen molar-refractivity contribution in [2.24, 2.45) is 5.92 Å². The van der Waals surface area contributed by atoms with E-state index in [1.807, 2.05) is 0 Å².